The molecular weight excluding hydrogens is 400 g/mol. The van der Waals surface area contributed by atoms with Crippen molar-refractivity contribution in [3.8, 4) is 0 Å². The maximum atomic E-state index is 13.0. The average molecular weight is 417 g/mol. The third kappa shape index (κ3) is 3.70. The molecule has 27 heavy (non-hydrogen) atoms. The molecule has 3 aromatic carbocycles. The first kappa shape index (κ1) is 18.3. The van der Waals surface area contributed by atoms with Gasteiger partial charge in [0.2, 0.25) is 0 Å². The van der Waals surface area contributed by atoms with Gasteiger partial charge in [-0.05, 0) is 40.6 Å². The Bertz CT molecular complexity index is 1110. The van der Waals surface area contributed by atoms with Crippen molar-refractivity contribution < 1.29 is 8.42 Å². The van der Waals surface area contributed by atoms with Crippen LogP contribution in [0.3, 0.4) is 0 Å². The smallest absolute Gasteiger partial charge is 0.260 e. The van der Waals surface area contributed by atoms with Crippen LogP contribution in [0.2, 0.25) is 5.02 Å². The molecule has 0 atom stereocenters. The maximum Gasteiger partial charge on any atom is 0.265 e. The lowest BCUT2D eigenvalue weighted by Crippen LogP contribution is -2.32. The van der Waals surface area contributed by atoms with Gasteiger partial charge in [0.25, 0.3) is 10.0 Å². The van der Waals surface area contributed by atoms with E-state index in [1.165, 1.54) is 39.0 Å². The third-order valence-corrected chi connectivity index (χ3v) is 7.64. The highest BCUT2D eigenvalue weighted by Crippen LogP contribution is 2.28. The summed E-state index contributed by atoms with van der Waals surface area (Å²) in [4.78, 5) is 4.65. The first-order valence-electron chi connectivity index (χ1n) is 8.48. The van der Waals surface area contributed by atoms with Gasteiger partial charge in [-0.15, -0.1) is 0 Å². The lowest BCUT2D eigenvalue weighted by atomic mass is 10.1. The Labute approximate surface area is 167 Å². The molecule has 0 saturated carbocycles. The van der Waals surface area contributed by atoms with Crippen molar-refractivity contribution in [3.63, 3.8) is 0 Å². The number of benzene rings is 3. The van der Waals surface area contributed by atoms with Crippen LogP contribution in [0, 0.1) is 0 Å². The first-order chi connectivity index (χ1) is 13.1. The van der Waals surface area contributed by atoms with E-state index in [4.69, 9.17) is 11.6 Å². The number of fused-ring (bicyclic) bond motifs is 1. The molecule has 0 radical (unpaired) electrons. The van der Waals surface area contributed by atoms with E-state index in [2.05, 4.69) is 29.3 Å². The summed E-state index contributed by atoms with van der Waals surface area (Å²) in [6.07, 6.45) is 0. The topological polar surface area (TPSA) is 49.7 Å². The predicted molar refractivity (Wildman–Crippen MR) is 113 cm³/mol. The van der Waals surface area contributed by atoms with Gasteiger partial charge in [-0.2, -0.15) is 0 Å². The van der Waals surface area contributed by atoms with Gasteiger partial charge in [-0.25, -0.2) is 12.7 Å². The molecule has 0 bridgehead atoms. The van der Waals surface area contributed by atoms with Crippen molar-refractivity contribution >= 4 is 49.3 Å². The van der Waals surface area contributed by atoms with Gasteiger partial charge in [0.1, 0.15) is 0 Å². The second-order valence-electron chi connectivity index (χ2n) is 6.12. The van der Waals surface area contributed by atoms with Crippen molar-refractivity contribution in [3.05, 3.63) is 77.3 Å². The lowest BCUT2D eigenvalue weighted by Gasteiger charge is -2.20. The fourth-order valence-electron chi connectivity index (χ4n) is 3.05. The van der Waals surface area contributed by atoms with Gasteiger partial charge in [0, 0.05) is 10.8 Å². The van der Waals surface area contributed by atoms with Gasteiger partial charge in [-0.3, -0.25) is 4.99 Å². The molecule has 4 nitrogen and oxygen atoms in total. The van der Waals surface area contributed by atoms with E-state index in [9.17, 15) is 8.42 Å². The van der Waals surface area contributed by atoms with E-state index in [0.29, 0.717) is 29.0 Å². The van der Waals surface area contributed by atoms with Crippen LogP contribution in [0.1, 0.15) is 5.56 Å². The normalized spacial score (nSPS) is 14.6. The Morgan fingerprint density at radius 3 is 2.56 bits per heavy atom. The zero-order valence-electron chi connectivity index (χ0n) is 14.4. The number of thioether (sulfide) groups is 1. The Kier molecular flexibility index (Phi) is 5.12. The Balaban J connectivity index is 1.56. The molecule has 0 fully saturated rings. The third-order valence-electron chi connectivity index (χ3n) is 4.40. The van der Waals surface area contributed by atoms with Crippen molar-refractivity contribution in [1.82, 2.24) is 4.31 Å². The van der Waals surface area contributed by atoms with Gasteiger partial charge in [0.05, 0.1) is 18.0 Å². The van der Waals surface area contributed by atoms with Crippen molar-refractivity contribution in [1.29, 1.82) is 0 Å². The Hall–Kier alpha value is -2.02. The molecule has 0 N–H and O–H groups in total. The number of amidine groups is 1. The number of sulfonamides is 1. The number of aliphatic imine (C=N–C) groups is 1. The summed E-state index contributed by atoms with van der Waals surface area (Å²) < 4.78 is 27.3. The van der Waals surface area contributed by atoms with E-state index in [0.717, 1.165) is 5.56 Å². The second-order valence-corrected chi connectivity index (χ2v) is 9.36. The number of halogens is 1. The molecule has 0 amide bonds. The molecule has 138 valence electrons. The fourth-order valence-corrected chi connectivity index (χ4v) is 5.90. The zero-order chi connectivity index (χ0) is 18.9. The summed E-state index contributed by atoms with van der Waals surface area (Å²) in [5.74, 6) is 0.660. The van der Waals surface area contributed by atoms with E-state index < -0.39 is 10.0 Å². The highest BCUT2D eigenvalue weighted by molar-refractivity contribution is 8.14. The number of nitrogens with zero attached hydrogens (tertiary/aromatic N) is 2. The molecule has 1 heterocycles. The Morgan fingerprint density at radius 2 is 1.74 bits per heavy atom. The minimum absolute atomic E-state index is 0.229. The predicted octanol–water partition coefficient (Wildman–Crippen LogP) is 4.79. The SMILES string of the molecule is O=S(=O)(c1ccc(Cl)cc1)N1CCN=C1SCc1cccc2ccccc12. The molecular formula is C20H17ClN2O2S2. The molecule has 1 aliphatic heterocycles. The lowest BCUT2D eigenvalue weighted by molar-refractivity contribution is 0.540. The fraction of sp³-hybridized carbons (Fsp3) is 0.150. The summed E-state index contributed by atoms with van der Waals surface area (Å²) >= 11 is 7.33. The summed E-state index contributed by atoms with van der Waals surface area (Å²) in [7, 11) is -3.63. The minimum atomic E-state index is -3.63. The summed E-state index contributed by atoms with van der Waals surface area (Å²) in [5, 5.41) is 3.40. The minimum Gasteiger partial charge on any atom is -0.260 e. The summed E-state index contributed by atoms with van der Waals surface area (Å²) in [6.45, 7) is 0.841. The van der Waals surface area contributed by atoms with Crippen LogP contribution in [-0.2, 0) is 15.8 Å². The Morgan fingerprint density at radius 1 is 1.00 bits per heavy atom. The average Bonchev–Trinajstić information content (AvgIpc) is 3.16. The van der Waals surface area contributed by atoms with Crippen LogP contribution in [0.4, 0.5) is 0 Å². The van der Waals surface area contributed by atoms with Gasteiger partial charge in [-0.1, -0.05) is 65.8 Å². The number of hydrogen-bond donors (Lipinski definition) is 0. The van der Waals surface area contributed by atoms with Crippen molar-refractivity contribution in [2.75, 3.05) is 13.1 Å². The molecule has 7 heteroatoms. The van der Waals surface area contributed by atoms with E-state index in [1.807, 2.05) is 18.2 Å². The molecule has 1 aliphatic rings. The van der Waals surface area contributed by atoms with Crippen LogP contribution < -0.4 is 0 Å². The highest BCUT2D eigenvalue weighted by Gasteiger charge is 2.30. The van der Waals surface area contributed by atoms with Crippen molar-refractivity contribution in [2.45, 2.75) is 10.6 Å². The van der Waals surface area contributed by atoms with Crippen LogP contribution in [-0.4, -0.2) is 31.0 Å². The van der Waals surface area contributed by atoms with E-state index in [1.54, 1.807) is 12.1 Å². The number of rotatable bonds is 4. The standard InChI is InChI=1S/C20H17ClN2O2S2/c21-17-8-10-18(11-9-17)27(24,25)23-13-12-22-20(23)26-14-16-6-3-5-15-4-1-2-7-19(15)16/h1-11H,12-14H2. The monoisotopic (exact) mass is 416 g/mol. The zero-order valence-corrected chi connectivity index (χ0v) is 16.8. The van der Waals surface area contributed by atoms with Crippen LogP contribution in [0.15, 0.2) is 76.6 Å². The maximum absolute atomic E-state index is 13.0. The van der Waals surface area contributed by atoms with Crippen molar-refractivity contribution in [2.24, 2.45) is 4.99 Å². The second kappa shape index (κ2) is 7.54. The molecule has 0 spiro atoms. The van der Waals surface area contributed by atoms with Gasteiger partial charge >= 0.3 is 0 Å². The molecule has 0 saturated heterocycles. The highest BCUT2D eigenvalue weighted by atomic mass is 35.5. The van der Waals surface area contributed by atoms with Gasteiger partial charge < -0.3 is 0 Å². The van der Waals surface area contributed by atoms with E-state index >= 15 is 0 Å². The van der Waals surface area contributed by atoms with Crippen LogP contribution in [0.25, 0.3) is 10.8 Å². The van der Waals surface area contributed by atoms with Crippen LogP contribution >= 0.6 is 23.4 Å². The quantitative estimate of drug-likeness (QED) is 0.614. The molecule has 3 aromatic rings. The molecule has 4 rings (SSSR count). The summed E-state index contributed by atoms with van der Waals surface area (Å²) in [6, 6.07) is 20.6. The van der Waals surface area contributed by atoms with E-state index in [-0.39, 0.29) is 4.90 Å². The first-order valence-corrected chi connectivity index (χ1v) is 11.3. The molecule has 0 unspecified atom stereocenters. The molecule has 0 aliphatic carbocycles. The number of hydrogen-bond acceptors (Lipinski definition) is 4. The summed E-state index contributed by atoms with van der Waals surface area (Å²) in [5.41, 5.74) is 1.16. The van der Waals surface area contributed by atoms with Crippen LogP contribution in [0.5, 0.6) is 0 Å². The molecule has 0 aromatic heterocycles. The largest absolute Gasteiger partial charge is 0.265 e. The van der Waals surface area contributed by atoms with Gasteiger partial charge in [0.15, 0.2) is 5.17 Å².